The van der Waals surface area contributed by atoms with Crippen molar-refractivity contribution in [2.45, 2.75) is 0 Å². The molecule has 0 unspecified atom stereocenters. The number of halogens is 1. The van der Waals surface area contributed by atoms with Crippen LogP contribution in [0, 0.1) is 11.0 Å². The molecule has 4 nitrogen and oxygen atoms in total. The molecule has 5 heteroatoms. The molecule has 0 fully saturated rings. The number of rotatable bonds is 1. The maximum atomic E-state index is 12.9. The van der Waals surface area contributed by atoms with Crippen LogP contribution in [-0.4, -0.2) is 9.78 Å². The summed E-state index contributed by atoms with van der Waals surface area (Å²) in [5, 5.41) is 16.2. The number of aryl methyl sites for hydroxylation is 1. The molecule has 3 rings (SSSR count). The van der Waals surface area contributed by atoms with Crippen molar-refractivity contribution in [3.05, 3.63) is 53.6 Å². The smallest absolute Gasteiger partial charge is 0.270 e. The molecule has 2 heterocycles. The predicted octanol–water partition coefficient (Wildman–Crippen LogP) is 2.01. The van der Waals surface area contributed by atoms with Crippen LogP contribution < -0.4 is 4.73 Å². The molecule has 0 atom stereocenters. The Morgan fingerprint density at radius 1 is 1.22 bits per heavy atom. The van der Waals surface area contributed by atoms with Gasteiger partial charge >= 0.3 is 0 Å². The zero-order chi connectivity index (χ0) is 12.7. The molecule has 1 aromatic carbocycles. The maximum absolute atomic E-state index is 12.9. The molecule has 0 aliphatic rings. The largest absolute Gasteiger partial charge is 0.618 e. The lowest BCUT2D eigenvalue weighted by molar-refractivity contribution is -0.576. The summed E-state index contributed by atoms with van der Waals surface area (Å²) < 4.78 is 15.3. The Kier molecular flexibility index (Phi) is 2.26. The summed E-state index contributed by atoms with van der Waals surface area (Å²) >= 11 is 0. The quantitative estimate of drug-likeness (QED) is 0.485. The fourth-order valence-electron chi connectivity index (χ4n) is 2.02. The highest BCUT2D eigenvalue weighted by molar-refractivity contribution is 5.87. The molecule has 0 amide bonds. The van der Waals surface area contributed by atoms with E-state index in [0.29, 0.717) is 11.2 Å². The Labute approximate surface area is 102 Å². The Balaban J connectivity index is 2.32. The molecule has 90 valence electrons. The summed E-state index contributed by atoms with van der Waals surface area (Å²) in [7, 11) is 1.77. The molecule has 2 aromatic heterocycles. The minimum Gasteiger partial charge on any atom is -0.618 e. The number of fused-ring (bicyclic) bond motifs is 1. The van der Waals surface area contributed by atoms with Gasteiger partial charge in [-0.2, -0.15) is 9.83 Å². The van der Waals surface area contributed by atoms with Gasteiger partial charge in [-0.15, -0.1) is 0 Å². The van der Waals surface area contributed by atoms with Crippen LogP contribution in [0.2, 0.25) is 0 Å². The summed E-state index contributed by atoms with van der Waals surface area (Å²) in [6.45, 7) is 0. The lowest BCUT2D eigenvalue weighted by Gasteiger charge is -1.99. The molecule has 0 aliphatic carbocycles. The van der Waals surface area contributed by atoms with Crippen molar-refractivity contribution in [2.75, 3.05) is 0 Å². The van der Waals surface area contributed by atoms with Crippen molar-refractivity contribution in [3.8, 4) is 11.3 Å². The summed E-state index contributed by atoms with van der Waals surface area (Å²) in [5.41, 5.74) is 2.51. The van der Waals surface area contributed by atoms with E-state index < -0.39 is 0 Å². The minimum absolute atomic E-state index is 0.311. The number of pyridine rings is 1. The second kappa shape index (κ2) is 3.80. The van der Waals surface area contributed by atoms with Gasteiger partial charge in [-0.3, -0.25) is 4.68 Å². The normalized spacial score (nSPS) is 11.0. The molecule has 3 aromatic rings. The van der Waals surface area contributed by atoms with Crippen molar-refractivity contribution in [3.63, 3.8) is 0 Å². The van der Waals surface area contributed by atoms with Crippen molar-refractivity contribution in [2.24, 2.45) is 7.05 Å². The van der Waals surface area contributed by atoms with Crippen LogP contribution >= 0.6 is 0 Å². The Hall–Kier alpha value is -2.43. The van der Waals surface area contributed by atoms with Gasteiger partial charge in [0.1, 0.15) is 11.3 Å². The summed E-state index contributed by atoms with van der Waals surface area (Å²) in [5.74, 6) is -0.311. The first-order valence-electron chi connectivity index (χ1n) is 5.47. The molecule has 0 saturated carbocycles. The third-order valence-electron chi connectivity index (χ3n) is 2.88. The highest BCUT2D eigenvalue weighted by Crippen LogP contribution is 2.24. The monoisotopic (exact) mass is 243 g/mol. The summed E-state index contributed by atoms with van der Waals surface area (Å²) in [6.07, 6.45) is 1.43. The molecule has 0 spiro atoms. The van der Waals surface area contributed by atoms with Crippen molar-refractivity contribution in [1.29, 1.82) is 0 Å². The second-order valence-corrected chi connectivity index (χ2v) is 4.05. The maximum Gasteiger partial charge on any atom is 0.270 e. The number of benzene rings is 1. The molecule has 0 N–H and O–H groups in total. The van der Waals surface area contributed by atoms with E-state index in [4.69, 9.17) is 0 Å². The van der Waals surface area contributed by atoms with Crippen LogP contribution in [0.25, 0.3) is 22.3 Å². The summed E-state index contributed by atoms with van der Waals surface area (Å²) in [6, 6.07) is 9.44. The fourth-order valence-corrected chi connectivity index (χ4v) is 2.02. The zero-order valence-electron chi connectivity index (χ0n) is 9.67. The fraction of sp³-hybridized carbons (Fsp3) is 0.0769. The minimum atomic E-state index is -0.311. The van der Waals surface area contributed by atoms with Gasteiger partial charge in [-0.05, 0) is 30.3 Å². The lowest BCUT2D eigenvalue weighted by atomic mass is 10.1. The van der Waals surface area contributed by atoms with Gasteiger partial charge < -0.3 is 5.21 Å². The first-order chi connectivity index (χ1) is 8.66. The van der Waals surface area contributed by atoms with Gasteiger partial charge in [0, 0.05) is 18.7 Å². The Morgan fingerprint density at radius 2 is 1.94 bits per heavy atom. The molecular formula is C13H10FN3O. The second-order valence-electron chi connectivity index (χ2n) is 4.05. The van der Waals surface area contributed by atoms with E-state index in [0.717, 1.165) is 15.8 Å². The molecule has 0 radical (unpaired) electrons. The van der Waals surface area contributed by atoms with Gasteiger partial charge in [0.05, 0.1) is 0 Å². The third kappa shape index (κ3) is 1.52. The van der Waals surface area contributed by atoms with Gasteiger partial charge in [-0.1, -0.05) is 0 Å². The van der Waals surface area contributed by atoms with E-state index in [1.807, 2.05) is 6.07 Å². The molecule has 18 heavy (non-hydrogen) atoms. The predicted molar refractivity (Wildman–Crippen MR) is 65.1 cm³/mol. The molecule has 0 saturated heterocycles. The summed E-state index contributed by atoms with van der Waals surface area (Å²) in [4.78, 5) is 0. The van der Waals surface area contributed by atoms with Gasteiger partial charge in [0.2, 0.25) is 0 Å². The van der Waals surface area contributed by atoms with E-state index in [9.17, 15) is 9.60 Å². The van der Waals surface area contributed by atoms with Crippen LogP contribution in [0.15, 0.2) is 42.6 Å². The number of aromatic nitrogens is 3. The van der Waals surface area contributed by atoms with E-state index in [1.54, 1.807) is 29.9 Å². The van der Waals surface area contributed by atoms with Crippen LogP contribution in [0.3, 0.4) is 0 Å². The van der Waals surface area contributed by atoms with Crippen LogP contribution in [0.1, 0.15) is 0 Å². The topological polar surface area (TPSA) is 44.8 Å². The Morgan fingerprint density at radius 3 is 2.67 bits per heavy atom. The van der Waals surface area contributed by atoms with E-state index in [-0.39, 0.29) is 5.82 Å². The van der Waals surface area contributed by atoms with Gasteiger partial charge in [-0.25, -0.2) is 4.39 Å². The van der Waals surface area contributed by atoms with Crippen LogP contribution in [-0.2, 0) is 7.05 Å². The van der Waals surface area contributed by atoms with Crippen molar-refractivity contribution >= 4 is 11.0 Å². The van der Waals surface area contributed by atoms with Crippen molar-refractivity contribution in [1.82, 2.24) is 9.78 Å². The molecular weight excluding hydrogens is 233 g/mol. The first kappa shape index (κ1) is 10.7. The SMILES string of the molecule is Cn1nc(-c2ccc(F)cc2)c2c1ccc[n+]2[O-]. The van der Waals surface area contributed by atoms with E-state index in [1.165, 1.54) is 18.3 Å². The van der Waals surface area contributed by atoms with E-state index in [2.05, 4.69) is 5.10 Å². The highest BCUT2D eigenvalue weighted by Gasteiger charge is 2.17. The molecule has 0 aliphatic heterocycles. The Bertz CT molecular complexity index is 719. The van der Waals surface area contributed by atoms with Crippen LogP contribution in [0.4, 0.5) is 4.39 Å². The van der Waals surface area contributed by atoms with Crippen LogP contribution in [0.5, 0.6) is 0 Å². The third-order valence-corrected chi connectivity index (χ3v) is 2.88. The number of hydrogen-bond acceptors (Lipinski definition) is 2. The number of hydrogen-bond donors (Lipinski definition) is 0. The number of nitrogens with zero attached hydrogens (tertiary/aromatic N) is 3. The average Bonchev–Trinajstić information content (AvgIpc) is 2.70. The first-order valence-corrected chi connectivity index (χ1v) is 5.47. The standard InChI is InChI=1S/C13H10FN3O/c1-16-11-3-2-8-17(18)13(11)12(15-16)9-4-6-10(14)7-5-9/h2-8H,1H3. The van der Waals surface area contributed by atoms with Gasteiger partial charge in [0.15, 0.2) is 11.9 Å². The average molecular weight is 243 g/mol. The molecule has 0 bridgehead atoms. The lowest BCUT2D eigenvalue weighted by Crippen LogP contribution is -2.25. The van der Waals surface area contributed by atoms with Gasteiger partial charge in [0.25, 0.3) is 5.52 Å². The highest BCUT2D eigenvalue weighted by atomic mass is 19.1. The zero-order valence-corrected chi connectivity index (χ0v) is 9.67. The van der Waals surface area contributed by atoms with Crippen molar-refractivity contribution < 1.29 is 9.12 Å². The van der Waals surface area contributed by atoms with E-state index >= 15 is 0 Å².